The summed E-state index contributed by atoms with van der Waals surface area (Å²) in [4.78, 5) is 7.01. The van der Waals surface area contributed by atoms with E-state index in [2.05, 4.69) is 15.0 Å². The molecule has 5 heteroatoms. The Labute approximate surface area is 133 Å². The number of aromatic nitrogens is 3. The minimum Gasteiger partial charge on any atom is -0.293 e. The lowest BCUT2D eigenvalue weighted by molar-refractivity contribution is 0.107. The molecule has 0 amide bonds. The first-order chi connectivity index (χ1) is 10.9. The second-order valence-electron chi connectivity index (χ2n) is 6.87. The maximum atomic E-state index is 12.6. The fourth-order valence-electron chi connectivity index (χ4n) is 4.30. The Kier molecular flexibility index (Phi) is 5.82. The van der Waals surface area contributed by atoms with E-state index in [-0.39, 0.29) is 6.67 Å². The first-order valence-electron chi connectivity index (χ1n) is 9.05. The van der Waals surface area contributed by atoms with Crippen molar-refractivity contribution in [3.63, 3.8) is 0 Å². The van der Waals surface area contributed by atoms with E-state index in [1.165, 1.54) is 57.8 Å². The molecule has 1 aromatic heterocycles. The van der Waals surface area contributed by atoms with Gasteiger partial charge in [0.2, 0.25) is 0 Å². The smallest absolute Gasteiger partial charge is 0.141 e. The molecule has 2 fully saturated rings. The first kappa shape index (κ1) is 15.9. The predicted octanol–water partition coefficient (Wildman–Crippen LogP) is 3.57. The fraction of sp³-hybridized carbons (Fsp3) is 0.882. The quantitative estimate of drug-likeness (QED) is 0.834. The summed E-state index contributed by atoms with van der Waals surface area (Å²) in [7, 11) is 0. The third kappa shape index (κ3) is 3.86. The van der Waals surface area contributed by atoms with E-state index in [1.807, 2.05) is 0 Å². The number of hydrogen-bond donors (Lipinski definition) is 0. The minimum atomic E-state index is -0.373. The molecule has 0 bridgehead atoms. The van der Waals surface area contributed by atoms with E-state index in [4.69, 9.17) is 0 Å². The number of aryl methyl sites for hydroxylation is 1. The van der Waals surface area contributed by atoms with E-state index >= 15 is 0 Å². The van der Waals surface area contributed by atoms with Gasteiger partial charge >= 0.3 is 0 Å². The lowest BCUT2D eigenvalue weighted by Gasteiger charge is -2.37. The third-order valence-corrected chi connectivity index (χ3v) is 5.44. The molecule has 0 aromatic carbocycles. The van der Waals surface area contributed by atoms with Crippen LogP contribution in [0.2, 0.25) is 0 Å². The van der Waals surface area contributed by atoms with Gasteiger partial charge in [0, 0.05) is 6.04 Å². The molecule has 124 valence electrons. The topological polar surface area (TPSA) is 34.0 Å². The molecule has 0 N–H and O–H groups in total. The van der Waals surface area contributed by atoms with Crippen molar-refractivity contribution < 1.29 is 4.39 Å². The van der Waals surface area contributed by atoms with Crippen molar-refractivity contribution in [1.82, 2.24) is 19.7 Å². The van der Waals surface area contributed by atoms with Crippen LogP contribution < -0.4 is 0 Å². The van der Waals surface area contributed by atoms with E-state index in [9.17, 15) is 4.39 Å². The molecule has 3 rings (SSSR count). The Morgan fingerprint density at radius 3 is 2.64 bits per heavy atom. The van der Waals surface area contributed by atoms with Gasteiger partial charge in [-0.15, -0.1) is 0 Å². The van der Waals surface area contributed by atoms with Gasteiger partial charge in [-0.3, -0.25) is 4.90 Å². The van der Waals surface area contributed by atoms with Crippen molar-refractivity contribution in [1.29, 1.82) is 0 Å². The summed E-state index contributed by atoms with van der Waals surface area (Å²) in [6.45, 7) is 1.95. The van der Waals surface area contributed by atoms with Crippen molar-refractivity contribution in [2.24, 2.45) is 5.92 Å². The van der Waals surface area contributed by atoms with E-state index in [1.54, 1.807) is 11.0 Å². The number of rotatable bonds is 5. The van der Waals surface area contributed by atoms with Crippen LogP contribution in [0.5, 0.6) is 0 Å². The molecule has 22 heavy (non-hydrogen) atoms. The first-order valence-corrected chi connectivity index (χ1v) is 9.05. The van der Waals surface area contributed by atoms with Crippen molar-refractivity contribution in [3.05, 3.63) is 12.2 Å². The number of likely N-dealkylation sites (tertiary alicyclic amines) is 1. The Morgan fingerprint density at radius 1 is 1.05 bits per heavy atom. The van der Waals surface area contributed by atoms with Crippen LogP contribution in [0.4, 0.5) is 4.39 Å². The minimum absolute atomic E-state index is 0.331. The summed E-state index contributed by atoms with van der Waals surface area (Å²) in [5, 5.41) is 4.17. The van der Waals surface area contributed by atoms with Gasteiger partial charge in [0.1, 0.15) is 18.8 Å². The molecule has 1 saturated carbocycles. The number of halogens is 1. The Balaban J connectivity index is 1.70. The van der Waals surface area contributed by atoms with E-state index < -0.39 is 0 Å². The van der Waals surface area contributed by atoms with Crippen molar-refractivity contribution >= 4 is 0 Å². The third-order valence-electron chi connectivity index (χ3n) is 5.44. The fourth-order valence-corrected chi connectivity index (χ4v) is 4.30. The largest absolute Gasteiger partial charge is 0.293 e. The molecule has 0 radical (unpaired) electrons. The predicted molar refractivity (Wildman–Crippen MR) is 85.2 cm³/mol. The molecule has 2 aliphatic rings. The maximum Gasteiger partial charge on any atom is 0.141 e. The van der Waals surface area contributed by atoms with Crippen LogP contribution in [0.15, 0.2) is 6.33 Å². The van der Waals surface area contributed by atoms with Crippen LogP contribution in [-0.2, 0) is 13.1 Å². The highest BCUT2D eigenvalue weighted by molar-refractivity contribution is 4.90. The number of nitrogens with zero attached hydrogens (tertiary/aromatic N) is 4. The molecule has 1 saturated heterocycles. The lowest BCUT2D eigenvalue weighted by Crippen LogP contribution is -2.41. The Morgan fingerprint density at radius 2 is 1.82 bits per heavy atom. The van der Waals surface area contributed by atoms with Crippen molar-refractivity contribution in [3.8, 4) is 0 Å². The maximum absolute atomic E-state index is 12.6. The molecule has 1 aromatic rings. The van der Waals surface area contributed by atoms with Crippen LogP contribution in [0, 0.1) is 5.92 Å². The van der Waals surface area contributed by atoms with Crippen LogP contribution >= 0.6 is 0 Å². The zero-order chi connectivity index (χ0) is 15.2. The molecule has 1 aliphatic heterocycles. The summed E-state index contributed by atoms with van der Waals surface area (Å²) < 4.78 is 14.4. The highest BCUT2D eigenvalue weighted by Crippen LogP contribution is 2.33. The molecule has 2 heterocycles. The zero-order valence-electron chi connectivity index (χ0n) is 13.6. The normalized spacial score (nSPS) is 25.2. The van der Waals surface area contributed by atoms with Crippen LogP contribution in [0.25, 0.3) is 0 Å². The van der Waals surface area contributed by atoms with Gasteiger partial charge in [0.25, 0.3) is 0 Å². The summed E-state index contributed by atoms with van der Waals surface area (Å²) in [5.74, 6) is 1.78. The monoisotopic (exact) mass is 308 g/mol. The second kappa shape index (κ2) is 8.04. The standard InChI is InChI=1S/C17H29FN4/c18-10-12-22-17(19-14-20-22)13-21-11-6-2-5-9-16(21)15-7-3-1-4-8-15/h14-16H,1-13H2/t16-/m1/s1. The van der Waals surface area contributed by atoms with Crippen molar-refractivity contribution in [2.75, 3.05) is 13.2 Å². The van der Waals surface area contributed by atoms with Crippen molar-refractivity contribution in [2.45, 2.75) is 76.9 Å². The highest BCUT2D eigenvalue weighted by atomic mass is 19.1. The number of alkyl halides is 1. The molecule has 4 nitrogen and oxygen atoms in total. The van der Waals surface area contributed by atoms with Gasteiger partial charge in [-0.05, 0) is 38.1 Å². The van der Waals surface area contributed by atoms with Gasteiger partial charge in [0.05, 0.1) is 13.1 Å². The number of hydrogen-bond acceptors (Lipinski definition) is 3. The summed E-state index contributed by atoms with van der Waals surface area (Å²) >= 11 is 0. The van der Waals surface area contributed by atoms with Gasteiger partial charge in [-0.1, -0.05) is 32.1 Å². The van der Waals surface area contributed by atoms with E-state index in [0.29, 0.717) is 12.6 Å². The lowest BCUT2D eigenvalue weighted by atomic mass is 9.81. The molecular formula is C17H29FN4. The van der Waals surface area contributed by atoms with Gasteiger partial charge in [0.15, 0.2) is 0 Å². The molecule has 0 spiro atoms. The summed E-state index contributed by atoms with van der Waals surface area (Å²) in [6, 6.07) is 0.693. The summed E-state index contributed by atoms with van der Waals surface area (Å²) in [6.07, 6.45) is 13.8. The average Bonchev–Trinajstić information content (AvgIpc) is 2.85. The molecule has 1 aliphatic carbocycles. The zero-order valence-corrected chi connectivity index (χ0v) is 13.6. The Hall–Kier alpha value is -0.970. The average molecular weight is 308 g/mol. The molecular weight excluding hydrogens is 279 g/mol. The SMILES string of the molecule is FCCn1ncnc1CN1CCCCC[C@@H]1C1CCCCC1. The Bertz CT molecular complexity index is 442. The van der Waals surface area contributed by atoms with Crippen LogP contribution in [0.3, 0.4) is 0 Å². The van der Waals surface area contributed by atoms with Gasteiger partial charge in [-0.25, -0.2) is 14.1 Å². The van der Waals surface area contributed by atoms with Gasteiger partial charge < -0.3 is 0 Å². The highest BCUT2D eigenvalue weighted by Gasteiger charge is 2.30. The van der Waals surface area contributed by atoms with Crippen LogP contribution in [0.1, 0.15) is 63.6 Å². The second-order valence-corrected chi connectivity index (χ2v) is 6.87. The molecule has 1 atom stereocenters. The summed E-state index contributed by atoms with van der Waals surface area (Å²) in [5.41, 5.74) is 0. The molecule has 0 unspecified atom stereocenters. The van der Waals surface area contributed by atoms with Gasteiger partial charge in [-0.2, -0.15) is 5.10 Å². The van der Waals surface area contributed by atoms with Crippen LogP contribution in [-0.4, -0.2) is 38.9 Å². The van der Waals surface area contributed by atoms with E-state index in [0.717, 1.165) is 24.8 Å².